The van der Waals surface area contributed by atoms with Crippen molar-refractivity contribution < 1.29 is 19.1 Å². The molecule has 1 unspecified atom stereocenters. The molecular weight excluding hydrogens is 368 g/mol. The number of halogens is 1. The lowest BCUT2D eigenvalue weighted by Crippen LogP contribution is -2.18. The van der Waals surface area contributed by atoms with E-state index < -0.39 is 12.1 Å². The number of Topliss-reactive ketones (excluding diaryl/α,β-unsaturated/α-hetero) is 1. The number of aromatic nitrogens is 2. The minimum absolute atomic E-state index is 0.0707. The van der Waals surface area contributed by atoms with Crippen molar-refractivity contribution in [1.82, 2.24) is 9.55 Å². The van der Waals surface area contributed by atoms with E-state index in [0.717, 1.165) is 11.0 Å². The molecule has 0 saturated heterocycles. The Balaban J connectivity index is 1.65. The second kappa shape index (κ2) is 7.80. The zero-order valence-electron chi connectivity index (χ0n) is 15.2. The van der Waals surface area contributed by atoms with Crippen LogP contribution in [0.15, 0.2) is 42.5 Å². The molecule has 0 aliphatic carbocycles. The lowest BCUT2D eigenvalue weighted by atomic mass is 10.1. The fourth-order valence-electron chi connectivity index (χ4n) is 2.79. The highest BCUT2D eigenvalue weighted by Crippen LogP contribution is 2.24. The molecule has 0 amide bonds. The quantitative estimate of drug-likeness (QED) is 0.471. The molecule has 3 rings (SSSR count). The number of nitrogens with zero attached hydrogens (tertiary/aromatic N) is 2. The van der Waals surface area contributed by atoms with Crippen molar-refractivity contribution in [1.29, 1.82) is 0 Å². The predicted octanol–water partition coefficient (Wildman–Crippen LogP) is 4.11. The predicted molar refractivity (Wildman–Crippen MR) is 102 cm³/mol. The van der Waals surface area contributed by atoms with Crippen LogP contribution in [-0.4, -0.2) is 27.9 Å². The molecule has 27 heavy (non-hydrogen) atoms. The molecule has 6 nitrogen and oxygen atoms in total. The number of fused-ring (bicyclic) bond motifs is 1. The minimum atomic E-state index is -0.555. The van der Waals surface area contributed by atoms with Crippen LogP contribution in [-0.2, 0) is 16.6 Å². The second-order valence-corrected chi connectivity index (χ2v) is 6.60. The summed E-state index contributed by atoms with van der Waals surface area (Å²) in [5.41, 5.74) is 2.15. The van der Waals surface area contributed by atoms with Crippen molar-refractivity contribution in [2.45, 2.75) is 20.0 Å². The van der Waals surface area contributed by atoms with Crippen LogP contribution < -0.4 is 4.74 Å². The van der Waals surface area contributed by atoms with Crippen LogP contribution in [0, 0.1) is 0 Å². The van der Waals surface area contributed by atoms with Crippen molar-refractivity contribution in [2.24, 2.45) is 7.05 Å². The van der Waals surface area contributed by atoms with Gasteiger partial charge in [0.2, 0.25) is 0 Å². The fraction of sp³-hybridized carbons (Fsp3) is 0.250. The second-order valence-electron chi connectivity index (χ2n) is 6.17. The van der Waals surface area contributed by atoms with E-state index in [9.17, 15) is 9.59 Å². The monoisotopic (exact) mass is 386 g/mol. The zero-order valence-corrected chi connectivity index (χ0v) is 16.0. The van der Waals surface area contributed by atoms with Crippen LogP contribution in [0.25, 0.3) is 11.0 Å². The maximum absolute atomic E-state index is 12.1. The van der Waals surface area contributed by atoms with Crippen LogP contribution >= 0.6 is 11.6 Å². The largest absolute Gasteiger partial charge is 0.482 e. The normalized spacial score (nSPS) is 12.0. The average Bonchev–Trinajstić information content (AvgIpc) is 2.96. The summed E-state index contributed by atoms with van der Waals surface area (Å²) in [5, 5.41) is 0.595. The summed E-state index contributed by atoms with van der Waals surface area (Å²) in [7, 11) is 1.85. The van der Waals surface area contributed by atoms with Crippen molar-refractivity contribution >= 4 is 34.4 Å². The van der Waals surface area contributed by atoms with Gasteiger partial charge in [0, 0.05) is 17.6 Å². The van der Waals surface area contributed by atoms with E-state index in [1.165, 1.54) is 6.92 Å². The van der Waals surface area contributed by atoms with E-state index in [-0.39, 0.29) is 12.4 Å². The van der Waals surface area contributed by atoms with Gasteiger partial charge in [-0.25, -0.2) is 9.78 Å². The van der Waals surface area contributed by atoms with Gasteiger partial charge in [0.25, 0.3) is 0 Å². The van der Waals surface area contributed by atoms with Gasteiger partial charge in [0.05, 0.1) is 11.0 Å². The number of ether oxygens (including phenoxy) is 2. The Morgan fingerprint density at radius 3 is 2.74 bits per heavy atom. The molecule has 0 radical (unpaired) electrons. The zero-order chi connectivity index (χ0) is 19.6. The van der Waals surface area contributed by atoms with Gasteiger partial charge in [-0.1, -0.05) is 23.7 Å². The first-order valence-electron chi connectivity index (χ1n) is 8.40. The number of ketones is 1. The van der Waals surface area contributed by atoms with Crippen LogP contribution in [0.3, 0.4) is 0 Å². The molecule has 0 bridgehead atoms. The number of aryl methyl sites for hydroxylation is 1. The smallest absolute Gasteiger partial charge is 0.344 e. The molecule has 3 aromatic rings. The molecule has 1 heterocycles. The molecule has 0 N–H and O–H groups in total. The van der Waals surface area contributed by atoms with E-state index >= 15 is 0 Å². The number of hydrogen-bond donors (Lipinski definition) is 0. The molecule has 0 aliphatic heterocycles. The third kappa shape index (κ3) is 4.28. The summed E-state index contributed by atoms with van der Waals surface area (Å²) in [4.78, 5) is 28.0. The topological polar surface area (TPSA) is 70.4 Å². The molecule has 0 aliphatic rings. The Labute approximate surface area is 161 Å². The van der Waals surface area contributed by atoms with Crippen LogP contribution in [0.5, 0.6) is 5.75 Å². The van der Waals surface area contributed by atoms with Crippen molar-refractivity contribution in [3.63, 3.8) is 0 Å². The van der Waals surface area contributed by atoms with E-state index in [4.69, 9.17) is 21.1 Å². The number of imidazole rings is 1. The highest BCUT2D eigenvalue weighted by molar-refractivity contribution is 6.31. The molecule has 0 saturated carbocycles. The Bertz CT molecular complexity index is 1010. The summed E-state index contributed by atoms with van der Waals surface area (Å²) >= 11 is 6.00. The average molecular weight is 387 g/mol. The van der Waals surface area contributed by atoms with Crippen LogP contribution in [0.2, 0.25) is 5.02 Å². The van der Waals surface area contributed by atoms with Gasteiger partial charge in [-0.05, 0) is 44.2 Å². The van der Waals surface area contributed by atoms with Crippen molar-refractivity contribution in [3.05, 3.63) is 58.9 Å². The standard InChI is InChI=1S/C20H19ClN2O4/c1-12(24)14-5-4-6-16(9-14)26-11-19(25)27-13(2)20-22-17-10-15(21)7-8-18(17)23(20)3/h4-10,13H,11H2,1-3H3. The van der Waals surface area contributed by atoms with Crippen molar-refractivity contribution in [2.75, 3.05) is 6.61 Å². The Morgan fingerprint density at radius 2 is 2.00 bits per heavy atom. The number of carbonyl (C=O) groups is 2. The lowest BCUT2D eigenvalue weighted by Gasteiger charge is -2.14. The number of hydrogen-bond acceptors (Lipinski definition) is 5. The van der Waals surface area contributed by atoms with Gasteiger partial charge in [0.15, 0.2) is 24.3 Å². The number of esters is 1. The van der Waals surface area contributed by atoms with E-state index in [0.29, 0.717) is 22.2 Å². The minimum Gasteiger partial charge on any atom is -0.482 e. The number of rotatable bonds is 6. The van der Waals surface area contributed by atoms with Gasteiger partial charge >= 0.3 is 5.97 Å². The Kier molecular flexibility index (Phi) is 5.46. The summed E-state index contributed by atoms with van der Waals surface area (Å²) in [6, 6.07) is 12.1. The van der Waals surface area contributed by atoms with Gasteiger partial charge < -0.3 is 14.0 Å². The van der Waals surface area contributed by atoms with Gasteiger partial charge in [-0.15, -0.1) is 0 Å². The van der Waals surface area contributed by atoms with Gasteiger partial charge in [-0.2, -0.15) is 0 Å². The number of carbonyl (C=O) groups excluding carboxylic acids is 2. The third-order valence-electron chi connectivity index (χ3n) is 4.15. The summed E-state index contributed by atoms with van der Waals surface area (Å²) < 4.78 is 12.7. The maximum Gasteiger partial charge on any atom is 0.344 e. The Morgan fingerprint density at radius 1 is 1.22 bits per heavy atom. The lowest BCUT2D eigenvalue weighted by molar-refractivity contribution is -0.151. The van der Waals surface area contributed by atoms with E-state index in [2.05, 4.69) is 4.98 Å². The van der Waals surface area contributed by atoms with Crippen molar-refractivity contribution in [3.8, 4) is 5.75 Å². The van der Waals surface area contributed by atoms with Gasteiger partial charge in [-0.3, -0.25) is 4.79 Å². The fourth-order valence-corrected chi connectivity index (χ4v) is 2.95. The molecule has 1 aromatic heterocycles. The first-order chi connectivity index (χ1) is 12.8. The molecule has 2 aromatic carbocycles. The first-order valence-corrected chi connectivity index (χ1v) is 8.78. The first kappa shape index (κ1) is 18.9. The molecule has 0 fully saturated rings. The summed E-state index contributed by atoms with van der Waals surface area (Å²) in [6.45, 7) is 2.96. The summed E-state index contributed by atoms with van der Waals surface area (Å²) in [5.74, 6) is 0.447. The van der Waals surface area contributed by atoms with Crippen LogP contribution in [0.1, 0.15) is 36.1 Å². The molecule has 1 atom stereocenters. The molecule has 140 valence electrons. The van der Waals surface area contributed by atoms with Gasteiger partial charge in [0.1, 0.15) is 5.75 Å². The van der Waals surface area contributed by atoms with Crippen LogP contribution in [0.4, 0.5) is 0 Å². The van der Waals surface area contributed by atoms with E-state index in [1.54, 1.807) is 43.3 Å². The Hall–Kier alpha value is -2.86. The highest BCUT2D eigenvalue weighted by atomic mass is 35.5. The molecule has 0 spiro atoms. The third-order valence-corrected chi connectivity index (χ3v) is 4.38. The van der Waals surface area contributed by atoms with E-state index in [1.807, 2.05) is 17.7 Å². The molecular formula is C20H19ClN2O4. The highest BCUT2D eigenvalue weighted by Gasteiger charge is 2.19. The molecule has 7 heteroatoms. The SMILES string of the molecule is CC(=O)c1cccc(OCC(=O)OC(C)c2nc3cc(Cl)ccc3n2C)c1. The summed E-state index contributed by atoms with van der Waals surface area (Å²) in [6.07, 6.45) is -0.555. The maximum atomic E-state index is 12.1. The number of benzene rings is 2.